The molecule has 0 saturated heterocycles. The van der Waals surface area contributed by atoms with E-state index in [1.54, 1.807) is 24.3 Å². The van der Waals surface area contributed by atoms with Crippen molar-refractivity contribution in [3.63, 3.8) is 0 Å². The van der Waals surface area contributed by atoms with Gasteiger partial charge in [-0.2, -0.15) is 0 Å². The Bertz CT molecular complexity index is 965. The number of carbonyl (C=O) groups excluding carboxylic acids is 3. The lowest BCUT2D eigenvalue weighted by Gasteiger charge is -2.19. The van der Waals surface area contributed by atoms with Gasteiger partial charge in [0.15, 0.2) is 0 Å². The van der Waals surface area contributed by atoms with Crippen LogP contribution in [0.3, 0.4) is 0 Å². The van der Waals surface area contributed by atoms with Gasteiger partial charge in [0.1, 0.15) is 0 Å². The average molecular weight is 387 g/mol. The van der Waals surface area contributed by atoms with Gasteiger partial charge in [-0.1, -0.05) is 66.7 Å². The molecule has 3 rings (SSSR count). The van der Waals surface area contributed by atoms with Gasteiger partial charge in [0.05, 0.1) is 6.04 Å². The van der Waals surface area contributed by atoms with Crippen molar-refractivity contribution in [2.24, 2.45) is 0 Å². The van der Waals surface area contributed by atoms with E-state index in [0.29, 0.717) is 11.4 Å². The van der Waals surface area contributed by atoms with Crippen LogP contribution in [0.15, 0.2) is 84.9 Å². The quantitative estimate of drug-likeness (QED) is 0.586. The maximum absolute atomic E-state index is 12.6. The minimum absolute atomic E-state index is 0.222. The standard InChI is InChI=1S/C23H21N3O3/c1-16(27)24-19-13-8-14-20(15-19)25-22(28)23(29)26-21(17-9-4-2-5-10-17)18-11-6-3-7-12-18/h2-15,21H,1H3,(H,24,27)(H,25,28)(H,26,29). The Hall–Kier alpha value is -3.93. The van der Waals surface area contributed by atoms with E-state index in [1.165, 1.54) is 6.92 Å². The Morgan fingerprint density at radius 1 is 0.655 bits per heavy atom. The lowest BCUT2D eigenvalue weighted by molar-refractivity contribution is -0.136. The van der Waals surface area contributed by atoms with E-state index >= 15 is 0 Å². The molecule has 3 amide bonds. The fraction of sp³-hybridized carbons (Fsp3) is 0.0870. The molecular formula is C23H21N3O3. The van der Waals surface area contributed by atoms with Gasteiger partial charge in [0.2, 0.25) is 5.91 Å². The van der Waals surface area contributed by atoms with Gasteiger partial charge < -0.3 is 16.0 Å². The van der Waals surface area contributed by atoms with Crippen LogP contribution in [-0.2, 0) is 14.4 Å². The Morgan fingerprint density at radius 3 is 1.69 bits per heavy atom. The molecule has 3 N–H and O–H groups in total. The molecule has 6 nitrogen and oxygen atoms in total. The summed E-state index contributed by atoms with van der Waals surface area (Å²) in [7, 11) is 0. The third-order valence-corrected chi connectivity index (χ3v) is 4.19. The summed E-state index contributed by atoms with van der Waals surface area (Å²) in [6, 6.07) is 25.0. The molecular weight excluding hydrogens is 366 g/mol. The molecule has 0 unspecified atom stereocenters. The minimum Gasteiger partial charge on any atom is -0.337 e. The summed E-state index contributed by atoms with van der Waals surface area (Å²) in [5.74, 6) is -1.77. The van der Waals surface area contributed by atoms with Gasteiger partial charge in [-0.25, -0.2) is 0 Å². The van der Waals surface area contributed by atoms with Crippen LogP contribution < -0.4 is 16.0 Å². The highest BCUT2D eigenvalue weighted by molar-refractivity contribution is 6.39. The van der Waals surface area contributed by atoms with Crippen molar-refractivity contribution in [3.8, 4) is 0 Å². The molecule has 0 spiro atoms. The molecule has 0 aliphatic rings. The highest BCUT2D eigenvalue weighted by atomic mass is 16.2. The second-order valence-corrected chi connectivity index (χ2v) is 6.44. The highest BCUT2D eigenvalue weighted by Gasteiger charge is 2.21. The largest absolute Gasteiger partial charge is 0.337 e. The molecule has 0 heterocycles. The fourth-order valence-electron chi connectivity index (χ4n) is 2.91. The molecule has 146 valence electrons. The van der Waals surface area contributed by atoms with Crippen molar-refractivity contribution in [3.05, 3.63) is 96.1 Å². The summed E-state index contributed by atoms with van der Waals surface area (Å²) in [5.41, 5.74) is 2.68. The summed E-state index contributed by atoms with van der Waals surface area (Å²) in [5, 5.41) is 7.99. The second-order valence-electron chi connectivity index (χ2n) is 6.44. The van der Waals surface area contributed by atoms with Crippen LogP contribution in [0.2, 0.25) is 0 Å². The lowest BCUT2D eigenvalue weighted by atomic mass is 9.99. The predicted molar refractivity (Wildman–Crippen MR) is 112 cm³/mol. The van der Waals surface area contributed by atoms with E-state index in [-0.39, 0.29) is 5.91 Å². The molecule has 0 bridgehead atoms. The fourth-order valence-corrected chi connectivity index (χ4v) is 2.91. The van der Waals surface area contributed by atoms with Crippen LogP contribution in [0.25, 0.3) is 0 Å². The molecule has 3 aromatic carbocycles. The Kier molecular flexibility index (Phi) is 6.37. The normalized spacial score (nSPS) is 10.3. The van der Waals surface area contributed by atoms with Gasteiger partial charge >= 0.3 is 11.8 Å². The Morgan fingerprint density at radius 2 is 1.17 bits per heavy atom. The first-order valence-electron chi connectivity index (χ1n) is 9.12. The summed E-state index contributed by atoms with van der Waals surface area (Å²) in [6.07, 6.45) is 0. The van der Waals surface area contributed by atoms with Crippen molar-refractivity contribution < 1.29 is 14.4 Å². The summed E-state index contributed by atoms with van der Waals surface area (Å²) < 4.78 is 0. The second kappa shape index (κ2) is 9.32. The van der Waals surface area contributed by atoms with Crippen molar-refractivity contribution in [2.45, 2.75) is 13.0 Å². The van der Waals surface area contributed by atoms with Crippen LogP contribution in [-0.4, -0.2) is 17.7 Å². The number of anilines is 2. The maximum atomic E-state index is 12.6. The van der Waals surface area contributed by atoms with Crippen molar-refractivity contribution in [2.75, 3.05) is 10.6 Å². The summed E-state index contributed by atoms with van der Waals surface area (Å²) >= 11 is 0. The number of hydrogen-bond acceptors (Lipinski definition) is 3. The third kappa shape index (κ3) is 5.52. The van der Waals surface area contributed by atoms with Crippen molar-refractivity contribution >= 4 is 29.1 Å². The summed E-state index contributed by atoms with van der Waals surface area (Å²) in [6.45, 7) is 1.39. The maximum Gasteiger partial charge on any atom is 0.313 e. The number of rotatable bonds is 5. The molecule has 0 radical (unpaired) electrons. The molecule has 0 fully saturated rings. The van der Waals surface area contributed by atoms with E-state index in [0.717, 1.165) is 11.1 Å². The van der Waals surface area contributed by atoms with Gasteiger partial charge in [0.25, 0.3) is 0 Å². The van der Waals surface area contributed by atoms with Gasteiger partial charge in [-0.3, -0.25) is 14.4 Å². The molecule has 0 aromatic heterocycles. The van der Waals surface area contributed by atoms with E-state index in [4.69, 9.17) is 0 Å². The highest BCUT2D eigenvalue weighted by Crippen LogP contribution is 2.22. The number of hydrogen-bond donors (Lipinski definition) is 3. The van der Waals surface area contributed by atoms with Crippen LogP contribution in [0.4, 0.5) is 11.4 Å². The predicted octanol–water partition coefficient (Wildman–Crippen LogP) is 3.49. The van der Waals surface area contributed by atoms with Gasteiger partial charge in [0, 0.05) is 18.3 Å². The number of benzene rings is 3. The molecule has 0 aliphatic heterocycles. The topological polar surface area (TPSA) is 87.3 Å². The first-order chi connectivity index (χ1) is 14.0. The molecule has 0 aliphatic carbocycles. The molecule has 0 saturated carbocycles. The number of nitrogens with one attached hydrogen (secondary N) is 3. The minimum atomic E-state index is -0.790. The molecule has 29 heavy (non-hydrogen) atoms. The first-order valence-corrected chi connectivity index (χ1v) is 9.12. The first kappa shape index (κ1) is 19.8. The van der Waals surface area contributed by atoms with Crippen LogP contribution >= 0.6 is 0 Å². The number of amides is 3. The Balaban J connectivity index is 1.74. The molecule has 3 aromatic rings. The zero-order valence-corrected chi connectivity index (χ0v) is 15.9. The van der Waals surface area contributed by atoms with E-state index in [1.807, 2.05) is 60.7 Å². The smallest absolute Gasteiger partial charge is 0.313 e. The monoisotopic (exact) mass is 387 g/mol. The van der Waals surface area contributed by atoms with E-state index in [2.05, 4.69) is 16.0 Å². The number of carbonyl (C=O) groups is 3. The zero-order valence-electron chi connectivity index (χ0n) is 15.9. The lowest BCUT2D eigenvalue weighted by Crippen LogP contribution is -2.38. The molecule has 0 atom stereocenters. The van der Waals surface area contributed by atoms with E-state index in [9.17, 15) is 14.4 Å². The van der Waals surface area contributed by atoms with Gasteiger partial charge in [-0.15, -0.1) is 0 Å². The zero-order chi connectivity index (χ0) is 20.6. The SMILES string of the molecule is CC(=O)Nc1cccc(NC(=O)C(=O)NC(c2ccccc2)c2ccccc2)c1. The average Bonchev–Trinajstić information content (AvgIpc) is 2.73. The van der Waals surface area contributed by atoms with Crippen molar-refractivity contribution in [1.29, 1.82) is 0 Å². The third-order valence-electron chi connectivity index (χ3n) is 4.19. The van der Waals surface area contributed by atoms with Crippen LogP contribution in [0, 0.1) is 0 Å². The van der Waals surface area contributed by atoms with Crippen LogP contribution in [0.1, 0.15) is 24.1 Å². The Labute approximate surface area is 169 Å². The molecule has 6 heteroatoms. The van der Waals surface area contributed by atoms with Gasteiger partial charge in [-0.05, 0) is 29.3 Å². The van der Waals surface area contributed by atoms with E-state index < -0.39 is 17.9 Å². The van der Waals surface area contributed by atoms with Crippen LogP contribution in [0.5, 0.6) is 0 Å². The summed E-state index contributed by atoms with van der Waals surface area (Å²) in [4.78, 5) is 36.2. The van der Waals surface area contributed by atoms with Crippen molar-refractivity contribution in [1.82, 2.24) is 5.32 Å².